The minimum atomic E-state index is 0.445. The molecule has 3 nitrogen and oxygen atoms in total. The summed E-state index contributed by atoms with van der Waals surface area (Å²) in [5, 5.41) is 3.52. The second-order valence-electron chi connectivity index (χ2n) is 5.31. The van der Waals surface area contributed by atoms with Crippen LogP contribution in [0.15, 0.2) is 22.7 Å². The Hall–Kier alpha value is -0.650. The van der Waals surface area contributed by atoms with Crippen molar-refractivity contribution >= 4 is 38.8 Å². The van der Waals surface area contributed by atoms with Crippen LogP contribution in [-0.2, 0) is 0 Å². The summed E-state index contributed by atoms with van der Waals surface area (Å²) in [5.41, 5.74) is 7.74. The topological polar surface area (TPSA) is 41.3 Å². The molecular weight excluding hydrogens is 334 g/mol. The maximum absolute atomic E-state index is 5.78. The van der Waals surface area contributed by atoms with E-state index in [-0.39, 0.29) is 0 Å². The summed E-state index contributed by atoms with van der Waals surface area (Å²) in [4.78, 5) is 2.96. The lowest BCUT2D eigenvalue weighted by molar-refractivity contribution is 0.198. The molecule has 110 valence electrons. The molecule has 0 atom stereocenters. The van der Waals surface area contributed by atoms with Crippen LogP contribution in [0.4, 0.5) is 5.69 Å². The Labute approximate surface area is 135 Å². The van der Waals surface area contributed by atoms with Gasteiger partial charge in [0.2, 0.25) is 0 Å². The fourth-order valence-corrected chi connectivity index (χ4v) is 3.18. The standard InChI is InChI=1S/C15H22BrN3S/c1-2-19-7-5-11(6-8-19)10-18-14-9-12(16)3-4-13(14)15(17)20/h3-4,9,11,18H,2,5-8,10H2,1H3,(H2,17,20). The Morgan fingerprint density at radius 1 is 1.45 bits per heavy atom. The third-order valence-corrected chi connectivity index (χ3v) is 4.70. The smallest absolute Gasteiger partial charge is 0.106 e. The maximum atomic E-state index is 5.78. The third-order valence-electron chi connectivity index (χ3n) is 3.98. The summed E-state index contributed by atoms with van der Waals surface area (Å²) in [6.45, 7) is 6.81. The van der Waals surface area contributed by atoms with Crippen LogP contribution in [0.3, 0.4) is 0 Å². The Balaban J connectivity index is 1.94. The zero-order valence-corrected chi connectivity index (χ0v) is 14.3. The molecule has 0 unspecified atom stereocenters. The number of piperidine rings is 1. The van der Waals surface area contributed by atoms with E-state index in [0.717, 1.165) is 34.7 Å². The van der Waals surface area contributed by atoms with Gasteiger partial charge in [0.15, 0.2) is 0 Å². The van der Waals surface area contributed by atoms with Crippen molar-refractivity contribution < 1.29 is 0 Å². The van der Waals surface area contributed by atoms with Gasteiger partial charge in [-0.05, 0) is 56.6 Å². The van der Waals surface area contributed by atoms with Crippen LogP contribution in [0, 0.1) is 5.92 Å². The second-order valence-corrected chi connectivity index (χ2v) is 6.67. The highest BCUT2D eigenvalue weighted by atomic mass is 79.9. The van der Waals surface area contributed by atoms with Crippen molar-refractivity contribution in [2.24, 2.45) is 11.7 Å². The summed E-state index contributed by atoms with van der Waals surface area (Å²) in [5.74, 6) is 0.732. The SMILES string of the molecule is CCN1CCC(CNc2cc(Br)ccc2C(N)=S)CC1. The molecule has 1 aromatic carbocycles. The first kappa shape index (κ1) is 15.7. The van der Waals surface area contributed by atoms with E-state index in [9.17, 15) is 0 Å². The van der Waals surface area contributed by atoms with E-state index >= 15 is 0 Å². The van der Waals surface area contributed by atoms with Crippen molar-refractivity contribution in [3.63, 3.8) is 0 Å². The molecule has 1 heterocycles. The zero-order chi connectivity index (χ0) is 14.5. The Morgan fingerprint density at radius 3 is 2.75 bits per heavy atom. The number of rotatable bonds is 5. The van der Waals surface area contributed by atoms with E-state index in [0.29, 0.717) is 4.99 Å². The lowest BCUT2D eigenvalue weighted by atomic mass is 9.96. The number of thiocarbonyl (C=S) groups is 1. The minimum Gasteiger partial charge on any atom is -0.389 e. The molecule has 0 saturated carbocycles. The summed E-state index contributed by atoms with van der Waals surface area (Å²) in [6.07, 6.45) is 2.52. The summed E-state index contributed by atoms with van der Waals surface area (Å²) in [7, 11) is 0. The average molecular weight is 356 g/mol. The van der Waals surface area contributed by atoms with E-state index in [1.54, 1.807) is 0 Å². The number of likely N-dealkylation sites (tertiary alicyclic amines) is 1. The summed E-state index contributed by atoms with van der Waals surface area (Å²) in [6, 6.07) is 5.99. The van der Waals surface area contributed by atoms with Crippen molar-refractivity contribution in [2.75, 3.05) is 31.5 Å². The van der Waals surface area contributed by atoms with Gasteiger partial charge in [0.1, 0.15) is 4.99 Å². The summed E-state index contributed by atoms with van der Waals surface area (Å²) >= 11 is 8.61. The molecule has 0 amide bonds. The van der Waals surface area contributed by atoms with Gasteiger partial charge in [-0.1, -0.05) is 35.1 Å². The van der Waals surface area contributed by atoms with E-state index in [4.69, 9.17) is 18.0 Å². The number of hydrogen-bond donors (Lipinski definition) is 2. The Bertz CT molecular complexity index is 470. The predicted molar refractivity (Wildman–Crippen MR) is 93.4 cm³/mol. The molecule has 20 heavy (non-hydrogen) atoms. The number of nitrogens with one attached hydrogen (secondary N) is 1. The molecule has 3 N–H and O–H groups in total. The molecular formula is C15H22BrN3S. The Morgan fingerprint density at radius 2 is 2.15 bits per heavy atom. The van der Waals surface area contributed by atoms with E-state index in [1.165, 1.54) is 25.9 Å². The minimum absolute atomic E-state index is 0.445. The van der Waals surface area contributed by atoms with Crippen LogP contribution in [0.2, 0.25) is 0 Å². The van der Waals surface area contributed by atoms with Crippen LogP contribution in [0.5, 0.6) is 0 Å². The molecule has 2 rings (SSSR count). The molecule has 1 aliphatic rings. The highest BCUT2D eigenvalue weighted by molar-refractivity contribution is 9.10. The first-order valence-corrected chi connectivity index (χ1v) is 8.36. The largest absolute Gasteiger partial charge is 0.389 e. The number of nitrogens with two attached hydrogens (primary N) is 1. The number of anilines is 1. The highest BCUT2D eigenvalue weighted by Crippen LogP contribution is 2.23. The quantitative estimate of drug-likeness (QED) is 0.795. The second kappa shape index (κ2) is 7.38. The van der Waals surface area contributed by atoms with E-state index in [2.05, 4.69) is 39.1 Å². The van der Waals surface area contributed by atoms with E-state index in [1.807, 2.05) is 12.1 Å². The van der Waals surface area contributed by atoms with Gasteiger partial charge in [0.05, 0.1) is 0 Å². The molecule has 0 spiro atoms. The van der Waals surface area contributed by atoms with Crippen molar-refractivity contribution in [1.29, 1.82) is 0 Å². The fourth-order valence-electron chi connectivity index (χ4n) is 2.64. The van der Waals surface area contributed by atoms with Crippen LogP contribution in [-0.4, -0.2) is 36.1 Å². The molecule has 0 aliphatic carbocycles. The molecule has 1 aliphatic heterocycles. The molecule has 0 radical (unpaired) electrons. The number of benzene rings is 1. The van der Waals surface area contributed by atoms with Gasteiger partial charge in [0, 0.05) is 22.3 Å². The summed E-state index contributed by atoms with van der Waals surface area (Å²) < 4.78 is 1.04. The molecule has 1 aromatic rings. The van der Waals surface area contributed by atoms with Crippen molar-refractivity contribution in [3.05, 3.63) is 28.2 Å². The number of halogens is 1. The third kappa shape index (κ3) is 4.17. The van der Waals surface area contributed by atoms with Crippen molar-refractivity contribution in [1.82, 2.24) is 4.90 Å². The lowest BCUT2D eigenvalue weighted by Crippen LogP contribution is -2.35. The molecule has 1 fully saturated rings. The normalized spacial score (nSPS) is 17.1. The van der Waals surface area contributed by atoms with Crippen LogP contribution in [0.25, 0.3) is 0 Å². The maximum Gasteiger partial charge on any atom is 0.106 e. The zero-order valence-electron chi connectivity index (χ0n) is 11.9. The van der Waals surface area contributed by atoms with Crippen molar-refractivity contribution in [2.45, 2.75) is 19.8 Å². The van der Waals surface area contributed by atoms with Crippen molar-refractivity contribution in [3.8, 4) is 0 Å². The number of hydrogen-bond acceptors (Lipinski definition) is 3. The fraction of sp³-hybridized carbons (Fsp3) is 0.533. The monoisotopic (exact) mass is 355 g/mol. The van der Waals surface area contributed by atoms with Gasteiger partial charge >= 0.3 is 0 Å². The number of nitrogens with zero attached hydrogens (tertiary/aromatic N) is 1. The molecule has 5 heteroatoms. The van der Waals surface area contributed by atoms with Gasteiger partial charge in [-0.3, -0.25) is 0 Å². The van der Waals surface area contributed by atoms with Crippen LogP contribution < -0.4 is 11.1 Å². The molecule has 1 saturated heterocycles. The molecule has 0 aromatic heterocycles. The van der Waals surface area contributed by atoms with E-state index < -0.39 is 0 Å². The van der Waals surface area contributed by atoms with Crippen LogP contribution in [0.1, 0.15) is 25.3 Å². The van der Waals surface area contributed by atoms with Gasteiger partial charge in [-0.15, -0.1) is 0 Å². The average Bonchev–Trinajstić information content (AvgIpc) is 2.45. The predicted octanol–water partition coefficient (Wildman–Crippen LogP) is 3.23. The first-order chi connectivity index (χ1) is 9.60. The van der Waals surface area contributed by atoms with Gasteiger partial charge in [-0.2, -0.15) is 0 Å². The van der Waals surface area contributed by atoms with Gasteiger partial charge in [0.25, 0.3) is 0 Å². The Kier molecular flexibility index (Phi) is 5.81. The molecule has 0 bridgehead atoms. The van der Waals surface area contributed by atoms with Gasteiger partial charge in [-0.25, -0.2) is 0 Å². The lowest BCUT2D eigenvalue weighted by Gasteiger charge is -2.31. The first-order valence-electron chi connectivity index (χ1n) is 7.15. The van der Waals surface area contributed by atoms with Crippen LogP contribution >= 0.6 is 28.1 Å². The van der Waals surface area contributed by atoms with Gasteiger partial charge < -0.3 is 16.0 Å². The highest BCUT2D eigenvalue weighted by Gasteiger charge is 2.18.